The van der Waals surface area contributed by atoms with Crippen LogP contribution in [-0.4, -0.2) is 34.6 Å². The van der Waals surface area contributed by atoms with Gasteiger partial charge >= 0.3 is 0 Å². The van der Waals surface area contributed by atoms with E-state index in [1.165, 1.54) is 6.07 Å². The van der Waals surface area contributed by atoms with Gasteiger partial charge in [0.25, 0.3) is 0 Å². The summed E-state index contributed by atoms with van der Waals surface area (Å²) in [6.45, 7) is 3.54. The molecule has 1 aromatic heterocycles. The van der Waals surface area contributed by atoms with Gasteiger partial charge in [-0.05, 0) is 49.5 Å². The molecule has 1 aliphatic rings. The zero-order valence-corrected chi connectivity index (χ0v) is 12.5. The molecule has 1 fully saturated rings. The average Bonchev–Trinajstić information content (AvgIpc) is 2.55. The fourth-order valence-corrected chi connectivity index (χ4v) is 2.77. The minimum atomic E-state index is -0.162. The highest BCUT2D eigenvalue weighted by molar-refractivity contribution is 5.16. The summed E-state index contributed by atoms with van der Waals surface area (Å²) in [5.41, 5.74) is 1.04. The van der Waals surface area contributed by atoms with E-state index in [1.54, 1.807) is 30.7 Å². The van der Waals surface area contributed by atoms with Crippen LogP contribution in [-0.2, 0) is 6.54 Å². The predicted octanol–water partition coefficient (Wildman–Crippen LogP) is 2.91. The number of benzene rings is 1. The van der Waals surface area contributed by atoms with E-state index in [9.17, 15) is 4.39 Å². The Balaban J connectivity index is 1.42. The van der Waals surface area contributed by atoms with Crippen LogP contribution in [0.4, 0.5) is 4.39 Å². The molecular weight excluding hydrogens is 281 g/mol. The summed E-state index contributed by atoms with van der Waals surface area (Å²) in [4.78, 5) is 10.5. The fourth-order valence-electron chi connectivity index (χ4n) is 2.77. The van der Waals surface area contributed by atoms with Gasteiger partial charge < -0.3 is 4.74 Å². The van der Waals surface area contributed by atoms with Crippen LogP contribution in [0.2, 0.25) is 0 Å². The van der Waals surface area contributed by atoms with Gasteiger partial charge in [0.2, 0.25) is 5.88 Å². The van der Waals surface area contributed by atoms with Crippen molar-refractivity contribution >= 4 is 0 Å². The maximum atomic E-state index is 13.2. The Kier molecular flexibility index (Phi) is 4.96. The Hall–Kier alpha value is -2.01. The largest absolute Gasteiger partial charge is 0.476 e. The van der Waals surface area contributed by atoms with E-state index in [-0.39, 0.29) is 5.82 Å². The molecule has 2 heterocycles. The molecule has 0 atom stereocenters. The SMILES string of the molecule is Fc1cccc(CN2CCC(COc3cnccn3)CC2)c1. The van der Waals surface area contributed by atoms with Gasteiger partial charge in [0.1, 0.15) is 5.82 Å². The lowest BCUT2D eigenvalue weighted by molar-refractivity contribution is 0.134. The van der Waals surface area contributed by atoms with Gasteiger partial charge in [-0.25, -0.2) is 9.37 Å². The van der Waals surface area contributed by atoms with Crippen LogP contribution in [0.3, 0.4) is 0 Å². The quantitative estimate of drug-likeness (QED) is 0.851. The molecule has 2 aromatic rings. The van der Waals surface area contributed by atoms with Gasteiger partial charge in [-0.3, -0.25) is 9.88 Å². The van der Waals surface area contributed by atoms with Crippen molar-refractivity contribution in [1.29, 1.82) is 0 Å². The Morgan fingerprint density at radius 2 is 2.09 bits per heavy atom. The van der Waals surface area contributed by atoms with E-state index in [4.69, 9.17) is 4.74 Å². The second-order valence-electron chi connectivity index (χ2n) is 5.70. The number of piperidine rings is 1. The maximum absolute atomic E-state index is 13.2. The number of halogens is 1. The van der Waals surface area contributed by atoms with Gasteiger partial charge in [-0.15, -0.1) is 0 Å². The Bertz CT molecular complexity index is 585. The van der Waals surface area contributed by atoms with Crippen LogP contribution in [0.25, 0.3) is 0 Å². The van der Waals surface area contributed by atoms with Crippen LogP contribution in [0.15, 0.2) is 42.9 Å². The zero-order chi connectivity index (χ0) is 15.2. The van der Waals surface area contributed by atoms with Crippen molar-refractivity contribution in [2.45, 2.75) is 19.4 Å². The summed E-state index contributed by atoms with van der Waals surface area (Å²) in [7, 11) is 0. The molecule has 0 aliphatic carbocycles. The molecule has 4 nitrogen and oxygen atoms in total. The molecule has 1 aliphatic heterocycles. The summed E-state index contributed by atoms with van der Waals surface area (Å²) >= 11 is 0. The first-order valence-electron chi connectivity index (χ1n) is 7.65. The summed E-state index contributed by atoms with van der Waals surface area (Å²) in [6.07, 6.45) is 7.10. The van der Waals surface area contributed by atoms with Crippen molar-refractivity contribution in [3.05, 3.63) is 54.2 Å². The molecule has 116 valence electrons. The van der Waals surface area contributed by atoms with Crippen molar-refractivity contribution in [2.24, 2.45) is 5.92 Å². The fraction of sp³-hybridized carbons (Fsp3) is 0.412. The van der Waals surface area contributed by atoms with Gasteiger partial charge in [0, 0.05) is 18.9 Å². The minimum absolute atomic E-state index is 0.162. The Morgan fingerprint density at radius 3 is 2.82 bits per heavy atom. The highest BCUT2D eigenvalue weighted by Gasteiger charge is 2.20. The number of rotatable bonds is 5. The predicted molar refractivity (Wildman–Crippen MR) is 81.9 cm³/mol. The van der Waals surface area contributed by atoms with Crippen molar-refractivity contribution in [1.82, 2.24) is 14.9 Å². The summed E-state index contributed by atoms with van der Waals surface area (Å²) < 4.78 is 18.9. The normalized spacial score (nSPS) is 16.6. The van der Waals surface area contributed by atoms with E-state index in [0.29, 0.717) is 18.4 Å². The van der Waals surface area contributed by atoms with Gasteiger partial charge in [-0.2, -0.15) is 0 Å². The number of nitrogens with zero attached hydrogens (tertiary/aromatic N) is 3. The summed E-state index contributed by atoms with van der Waals surface area (Å²) in [5.74, 6) is 0.972. The maximum Gasteiger partial charge on any atom is 0.232 e. The molecule has 1 aromatic carbocycles. The first-order valence-corrected chi connectivity index (χ1v) is 7.65. The van der Waals surface area contributed by atoms with E-state index in [1.807, 2.05) is 6.07 Å². The molecular formula is C17H20FN3O. The van der Waals surface area contributed by atoms with Gasteiger partial charge in [0.05, 0.1) is 12.8 Å². The highest BCUT2D eigenvalue weighted by atomic mass is 19.1. The van der Waals surface area contributed by atoms with Gasteiger partial charge in [-0.1, -0.05) is 12.1 Å². The van der Waals surface area contributed by atoms with Crippen LogP contribution in [0.1, 0.15) is 18.4 Å². The minimum Gasteiger partial charge on any atom is -0.476 e. The van der Waals surface area contributed by atoms with Crippen molar-refractivity contribution in [3.63, 3.8) is 0 Å². The number of hydrogen-bond donors (Lipinski definition) is 0. The number of aromatic nitrogens is 2. The van der Waals surface area contributed by atoms with Crippen LogP contribution in [0.5, 0.6) is 5.88 Å². The standard InChI is InChI=1S/C17H20FN3O/c18-16-3-1-2-15(10-16)12-21-8-4-14(5-9-21)13-22-17-11-19-6-7-20-17/h1-3,6-7,10-11,14H,4-5,8-9,12-13H2. The van der Waals surface area contributed by atoms with Crippen LogP contribution >= 0.6 is 0 Å². The van der Waals surface area contributed by atoms with Gasteiger partial charge in [0.15, 0.2) is 0 Å². The smallest absolute Gasteiger partial charge is 0.232 e. The zero-order valence-electron chi connectivity index (χ0n) is 12.5. The highest BCUT2D eigenvalue weighted by Crippen LogP contribution is 2.20. The number of hydrogen-bond acceptors (Lipinski definition) is 4. The lowest BCUT2D eigenvalue weighted by Gasteiger charge is -2.31. The molecule has 5 heteroatoms. The monoisotopic (exact) mass is 301 g/mol. The Morgan fingerprint density at radius 1 is 1.23 bits per heavy atom. The van der Waals surface area contributed by atoms with E-state index >= 15 is 0 Å². The van der Waals surface area contributed by atoms with E-state index < -0.39 is 0 Å². The molecule has 0 N–H and O–H groups in total. The first kappa shape index (κ1) is 14.9. The molecule has 0 bridgehead atoms. The topological polar surface area (TPSA) is 38.2 Å². The summed E-state index contributed by atoms with van der Waals surface area (Å²) in [6, 6.07) is 6.85. The molecule has 3 rings (SSSR count). The van der Waals surface area contributed by atoms with E-state index in [0.717, 1.165) is 38.0 Å². The summed E-state index contributed by atoms with van der Waals surface area (Å²) in [5, 5.41) is 0. The molecule has 0 amide bonds. The number of likely N-dealkylation sites (tertiary alicyclic amines) is 1. The van der Waals surface area contributed by atoms with Crippen molar-refractivity contribution < 1.29 is 9.13 Å². The second-order valence-corrected chi connectivity index (χ2v) is 5.70. The Labute approximate surface area is 130 Å². The third-order valence-electron chi connectivity index (χ3n) is 4.01. The van der Waals surface area contributed by atoms with Crippen molar-refractivity contribution in [3.8, 4) is 5.88 Å². The molecule has 0 spiro atoms. The lowest BCUT2D eigenvalue weighted by atomic mass is 9.97. The molecule has 0 saturated carbocycles. The van der Waals surface area contributed by atoms with Crippen LogP contribution in [0, 0.1) is 11.7 Å². The third kappa shape index (κ3) is 4.24. The molecule has 0 radical (unpaired) electrons. The van der Waals surface area contributed by atoms with Crippen LogP contribution < -0.4 is 4.74 Å². The first-order chi connectivity index (χ1) is 10.8. The second kappa shape index (κ2) is 7.31. The average molecular weight is 301 g/mol. The molecule has 0 unspecified atom stereocenters. The molecule has 22 heavy (non-hydrogen) atoms. The lowest BCUT2D eigenvalue weighted by Crippen LogP contribution is -2.35. The molecule has 1 saturated heterocycles. The third-order valence-corrected chi connectivity index (χ3v) is 4.01. The van der Waals surface area contributed by atoms with Crippen molar-refractivity contribution in [2.75, 3.05) is 19.7 Å². The number of ether oxygens (including phenoxy) is 1. The van der Waals surface area contributed by atoms with E-state index in [2.05, 4.69) is 14.9 Å².